The van der Waals surface area contributed by atoms with Gasteiger partial charge in [-0.25, -0.2) is 8.78 Å². The molecule has 0 radical (unpaired) electrons. The Morgan fingerprint density at radius 1 is 1.45 bits per heavy atom. The van der Waals surface area contributed by atoms with Crippen LogP contribution in [0.15, 0.2) is 18.2 Å². The third kappa shape index (κ3) is 4.48. The second kappa shape index (κ2) is 7.65. The molecule has 2 N–H and O–H groups in total. The predicted octanol–water partition coefficient (Wildman–Crippen LogP) is 1.31. The number of piperazine rings is 1. The fraction of sp³-hybridized carbons (Fsp3) is 0.562. The van der Waals surface area contributed by atoms with Crippen molar-refractivity contribution >= 4 is 5.91 Å². The van der Waals surface area contributed by atoms with Crippen LogP contribution in [-0.2, 0) is 11.2 Å². The number of halogens is 2. The van der Waals surface area contributed by atoms with Gasteiger partial charge >= 0.3 is 0 Å². The molecule has 0 bridgehead atoms. The average Bonchev–Trinajstić information content (AvgIpc) is 2.45. The lowest BCUT2D eigenvalue weighted by Crippen LogP contribution is -2.53. The molecule has 0 aliphatic carbocycles. The van der Waals surface area contributed by atoms with Crippen LogP contribution >= 0.6 is 0 Å². The molecule has 122 valence electrons. The van der Waals surface area contributed by atoms with Gasteiger partial charge in [0.2, 0.25) is 5.91 Å². The summed E-state index contributed by atoms with van der Waals surface area (Å²) in [7, 11) is 0. The number of carbonyl (C=O) groups excluding carboxylic acids is 1. The van der Waals surface area contributed by atoms with E-state index >= 15 is 0 Å². The maximum Gasteiger partial charge on any atom is 0.234 e. The zero-order chi connectivity index (χ0) is 16.1. The Hall–Kier alpha value is -1.53. The van der Waals surface area contributed by atoms with E-state index in [2.05, 4.69) is 22.5 Å². The minimum atomic E-state index is -0.572. The molecule has 0 saturated carbocycles. The van der Waals surface area contributed by atoms with E-state index in [0.29, 0.717) is 12.6 Å². The second-order valence-corrected chi connectivity index (χ2v) is 5.90. The van der Waals surface area contributed by atoms with Gasteiger partial charge in [0.25, 0.3) is 0 Å². The fourth-order valence-electron chi connectivity index (χ4n) is 2.71. The van der Waals surface area contributed by atoms with Crippen molar-refractivity contribution in [3.8, 4) is 0 Å². The van der Waals surface area contributed by atoms with Gasteiger partial charge in [-0.2, -0.15) is 0 Å². The maximum atomic E-state index is 13.6. The third-order valence-electron chi connectivity index (χ3n) is 3.96. The van der Waals surface area contributed by atoms with Gasteiger partial charge in [0.1, 0.15) is 11.6 Å². The Morgan fingerprint density at radius 2 is 2.14 bits per heavy atom. The molecule has 0 spiro atoms. The monoisotopic (exact) mass is 311 g/mol. The Balaban J connectivity index is 1.86. The minimum absolute atomic E-state index is 0.0193. The van der Waals surface area contributed by atoms with Crippen molar-refractivity contribution in [1.82, 2.24) is 15.5 Å². The first-order valence-electron chi connectivity index (χ1n) is 7.64. The smallest absolute Gasteiger partial charge is 0.234 e. The van der Waals surface area contributed by atoms with Crippen LogP contribution in [0.4, 0.5) is 8.78 Å². The average molecular weight is 311 g/mol. The SMILES string of the molecule is CC(Cc1c(F)cccc1F)NC(=O)CN1CCNC[C@@H]1C. The molecule has 1 amide bonds. The van der Waals surface area contributed by atoms with Crippen molar-refractivity contribution in [1.29, 1.82) is 0 Å². The Kier molecular flexibility index (Phi) is 5.85. The molecular formula is C16H23F2N3O. The second-order valence-electron chi connectivity index (χ2n) is 5.90. The van der Waals surface area contributed by atoms with E-state index in [-0.39, 0.29) is 23.9 Å². The van der Waals surface area contributed by atoms with E-state index in [1.54, 1.807) is 6.92 Å². The molecule has 0 aromatic heterocycles. The highest BCUT2D eigenvalue weighted by Crippen LogP contribution is 2.14. The number of nitrogens with zero attached hydrogens (tertiary/aromatic N) is 1. The number of amides is 1. The van der Waals surface area contributed by atoms with Crippen LogP contribution in [0, 0.1) is 11.6 Å². The molecule has 1 aromatic carbocycles. The van der Waals surface area contributed by atoms with Crippen molar-refractivity contribution in [2.75, 3.05) is 26.2 Å². The zero-order valence-electron chi connectivity index (χ0n) is 13.0. The number of hydrogen-bond donors (Lipinski definition) is 2. The topological polar surface area (TPSA) is 44.4 Å². The van der Waals surface area contributed by atoms with E-state index < -0.39 is 11.6 Å². The van der Waals surface area contributed by atoms with Crippen LogP contribution in [0.25, 0.3) is 0 Å². The summed E-state index contributed by atoms with van der Waals surface area (Å²) in [4.78, 5) is 14.2. The zero-order valence-corrected chi connectivity index (χ0v) is 13.0. The van der Waals surface area contributed by atoms with Gasteiger partial charge in [-0.15, -0.1) is 0 Å². The van der Waals surface area contributed by atoms with Crippen molar-refractivity contribution in [2.45, 2.75) is 32.4 Å². The molecule has 6 heteroatoms. The first-order chi connectivity index (χ1) is 10.5. The van der Waals surface area contributed by atoms with Gasteiger partial charge < -0.3 is 10.6 Å². The quantitative estimate of drug-likeness (QED) is 0.862. The molecule has 2 rings (SSSR count). The molecular weight excluding hydrogens is 288 g/mol. The summed E-state index contributed by atoms with van der Waals surface area (Å²) in [6.45, 7) is 6.69. The highest BCUT2D eigenvalue weighted by Gasteiger charge is 2.21. The largest absolute Gasteiger partial charge is 0.352 e. The summed E-state index contributed by atoms with van der Waals surface area (Å²) >= 11 is 0. The highest BCUT2D eigenvalue weighted by atomic mass is 19.1. The van der Waals surface area contributed by atoms with E-state index in [0.717, 1.165) is 19.6 Å². The summed E-state index contributed by atoms with van der Waals surface area (Å²) in [6.07, 6.45) is 0.140. The van der Waals surface area contributed by atoms with E-state index in [1.165, 1.54) is 18.2 Å². The Bertz CT molecular complexity index is 504. The minimum Gasteiger partial charge on any atom is -0.352 e. The molecule has 1 aliphatic heterocycles. The number of carbonyl (C=O) groups is 1. The summed E-state index contributed by atoms with van der Waals surface area (Å²) in [6, 6.07) is 3.78. The molecule has 4 nitrogen and oxygen atoms in total. The number of rotatable bonds is 5. The highest BCUT2D eigenvalue weighted by molar-refractivity contribution is 5.78. The Labute approximate surface area is 129 Å². The molecule has 1 fully saturated rings. The van der Waals surface area contributed by atoms with E-state index in [9.17, 15) is 13.6 Å². The fourth-order valence-corrected chi connectivity index (χ4v) is 2.71. The van der Waals surface area contributed by atoms with Crippen LogP contribution in [0.2, 0.25) is 0 Å². The van der Waals surface area contributed by atoms with Crippen molar-refractivity contribution in [2.24, 2.45) is 0 Å². The van der Waals surface area contributed by atoms with Gasteiger partial charge in [0, 0.05) is 37.3 Å². The van der Waals surface area contributed by atoms with E-state index in [4.69, 9.17) is 0 Å². The molecule has 2 atom stereocenters. The number of nitrogens with one attached hydrogen (secondary N) is 2. The normalized spacial score (nSPS) is 20.6. The summed E-state index contributed by atoms with van der Waals surface area (Å²) in [5, 5.41) is 6.08. The lowest BCUT2D eigenvalue weighted by atomic mass is 10.1. The van der Waals surface area contributed by atoms with Gasteiger partial charge in [-0.05, 0) is 32.4 Å². The molecule has 1 unspecified atom stereocenters. The molecule has 1 heterocycles. The molecule has 1 aliphatic rings. The van der Waals surface area contributed by atoms with E-state index in [1.807, 2.05) is 0 Å². The predicted molar refractivity (Wildman–Crippen MR) is 81.6 cm³/mol. The first kappa shape index (κ1) is 16.8. The van der Waals surface area contributed by atoms with Gasteiger partial charge in [0.15, 0.2) is 0 Å². The summed E-state index contributed by atoms with van der Waals surface area (Å²) in [5.74, 6) is -1.26. The molecule has 22 heavy (non-hydrogen) atoms. The summed E-state index contributed by atoms with van der Waals surface area (Å²) in [5.41, 5.74) is 0.0193. The van der Waals surface area contributed by atoms with Crippen LogP contribution < -0.4 is 10.6 Å². The van der Waals surface area contributed by atoms with Crippen molar-refractivity contribution < 1.29 is 13.6 Å². The van der Waals surface area contributed by atoms with Gasteiger partial charge in [-0.1, -0.05) is 6.07 Å². The van der Waals surface area contributed by atoms with Crippen molar-refractivity contribution in [3.05, 3.63) is 35.4 Å². The lowest BCUT2D eigenvalue weighted by Gasteiger charge is -2.33. The number of hydrogen-bond acceptors (Lipinski definition) is 3. The first-order valence-corrected chi connectivity index (χ1v) is 7.64. The molecule has 1 aromatic rings. The van der Waals surface area contributed by atoms with Crippen molar-refractivity contribution in [3.63, 3.8) is 0 Å². The lowest BCUT2D eigenvalue weighted by molar-refractivity contribution is -0.123. The number of benzene rings is 1. The van der Waals surface area contributed by atoms with Gasteiger partial charge in [-0.3, -0.25) is 9.69 Å². The van der Waals surface area contributed by atoms with Gasteiger partial charge in [0.05, 0.1) is 6.54 Å². The van der Waals surface area contributed by atoms with Crippen LogP contribution in [0.3, 0.4) is 0 Å². The Morgan fingerprint density at radius 3 is 2.77 bits per heavy atom. The molecule has 1 saturated heterocycles. The van der Waals surface area contributed by atoms with Crippen LogP contribution in [-0.4, -0.2) is 49.1 Å². The van der Waals surface area contributed by atoms with Crippen LogP contribution in [0.1, 0.15) is 19.4 Å². The summed E-state index contributed by atoms with van der Waals surface area (Å²) < 4.78 is 27.2. The third-order valence-corrected chi connectivity index (χ3v) is 3.96. The maximum absolute atomic E-state index is 13.6. The standard InChI is InChI=1S/C16H23F2N3O/c1-11(8-13-14(17)4-3-5-15(13)18)20-16(22)10-21-7-6-19-9-12(21)2/h3-5,11-12,19H,6-10H2,1-2H3,(H,20,22)/t11?,12-/m0/s1. The van der Waals surface area contributed by atoms with Crippen LogP contribution in [0.5, 0.6) is 0 Å².